The monoisotopic (exact) mass is 229 g/mol. The standard InChI is InChI=1S/C14H19N3/c1-10-14-12(8-11-6-7-15-9-11)4-3-5-13(14)17(2)16-10/h3-5,11,15H,6-9H2,1-2H3. The summed E-state index contributed by atoms with van der Waals surface area (Å²) in [5.74, 6) is 0.792. The van der Waals surface area contributed by atoms with Gasteiger partial charge < -0.3 is 5.32 Å². The molecule has 90 valence electrons. The van der Waals surface area contributed by atoms with Crippen LogP contribution in [0.1, 0.15) is 17.7 Å². The van der Waals surface area contributed by atoms with Crippen molar-refractivity contribution in [3.63, 3.8) is 0 Å². The summed E-state index contributed by atoms with van der Waals surface area (Å²) in [6.07, 6.45) is 2.48. The third-order valence-electron chi connectivity index (χ3n) is 3.81. The number of aromatic nitrogens is 2. The van der Waals surface area contributed by atoms with Crippen LogP contribution in [-0.2, 0) is 13.5 Å². The first-order chi connectivity index (χ1) is 8.25. The Morgan fingerprint density at radius 3 is 3.12 bits per heavy atom. The van der Waals surface area contributed by atoms with Crippen molar-refractivity contribution in [2.24, 2.45) is 13.0 Å². The summed E-state index contributed by atoms with van der Waals surface area (Å²) in [6, 6.07) is 6.57. The van der Waals surface area contributed by atoms with Gasteiger partial charge in [-0.25, -0.2) is 0 Å². The Balaban J connectivity index is 2.03. The summed E-state index contributed by atoms with van der Waals surface area (Å²) in [7, 11) is 2.02. The Morgan fingerprint density at radius 1 is 1.47 bits per heavy atom. The van der Waals surface area contributed by atoms with Crippen LogP contribution in [-0.4, -0.2) is 22.9 Å². The maximum absolute atomic E-state index is 4.53. The fraction of sp³-hybridized carbons (Fsp3) is 0.500. The van der Waals surface area contributed by atoms with E-state index in [1.165, 1.54) is 35.9 Å². The molecule has 1 saturated heterocycles. The topological polar surface area (TPSA) is 29.9 Å². The second-order valence-corrected chi connectivity index (χ2v) is 5.08. The predicted octanol–water partition coefficient (Wildman–Crippen LogP) is 2.03. The predicted molar refractivity (Wildman–Crippen MR) is 70.1 cm³/mol. The molecule has 1 atom stereocenters. The first-order valence-corrected chi connectivity index (χ1v) is 6.37. The lowest BCUT2D eigenvalue weighted by atomic mass is 9.95. The lowest BCUT2D eigenvalue weighted by molar-refractivity contribution is 0.582. The first kappa shape index (κ1) is 10.8. The average molecular weight is 229 g/mol. The third-order valence-corrected chi connectivity index (χ3v) is 3.81. The molecule has 0 amide bonds. The van der Waals surface area contributed by atoms with Crippen molar-refractivity contribution in [1.29, 1.82) is 0 Å². The minimum atomic E-state index is 0.792. The van der Waals surface area contributed by atoms with Crippen LogP contribution in [0.15, 0.2) is 18.2 Å². The van der Waals surface area contributed by atoms with E-state index in [0.717, 1.165) is 18.2 Å². The fourth-order valence-electron chi connectivity index (χ4n) is 2.97. The Kier molecular flexibility index (Phi) is 2.63. The maximum atomic E-state index is 4.53. The van der Waals surface area contributed by atoms with E-state index in [4.69, 9.17) is 0 Å². The number of benzene rings is 1. The SMILES string of the molecule is Cc1nn(C)c2cccc(CC3CCNC3)c12. The Morgan fingerprint density at radius 2 is 2.35 bits per heavy atom. The molecule has 1 fully saturated rings. The number of fused-ring (bicyclic) bond motifs is 1. The number of aryl methyl sites for hydroxylation is 2. The van der Waals surface area contributed by atoms with Crippen LogP contribution in [0, 0.1) is 12.8 Å². The molecular weight excluding hydrogens is 210 g/mol. The van der Waals surface area contributed by atoms with E-state index in [1.807, 2.05) is 11.7 Å². The van der Waals surface area contributed by atoms with E-state index >= 15 is 0 Å². The van der Waals surface area contributed by atoms with Gasteiger partial charge in [-0.1, -0.05) is 12.1 Å². The molecule has 3 heteroatoms. The van der Waals surface area contributed by atoms with Gasteiger partial charge in [-0.15, -0.1) is 0 Å². The average Bonchev–Trinajstić information content (AvgIpc) is 2.90. The molecule has 1 aromatic carbocycles. The smallest absolute Gasteiger partial charge is 0.0684 e. The van der Waals surface area contributed by atoms with Crippen molar-refractivity contribution in [2.75, 3.05) is 13.1 Å². The second kappa shape index (κ2) is 4.15. The second-order valence-electron chi connectivity index (χ2n) is 5.08. The van der Waals surface area contributed by atoms with Crippen molar-refractivity contribution < 1.29 is 0 Å². The third kappa shape index (κ3) is 1.84. The van der Waals surface area contributed by atoms with Crippen molar-refractivity contribution in [3.05, 3.63) is 29.5 Å². The lowest BCUT2D eigenvalue weighted by Crippen LogP contribution is -2.10. The molecule has 1 aliphatic heterocycles. The van der Waals surface area contributed by atoms with Gasteiger partial charge >= 0.3 is 0 Å². The summed E-state index contributed by atoms with van der Waals surface area (Å²) < 4.78 is 1.99. The minimum absolute atomic E-state index is 0.792. The van der Waals surface area contributed by atoms with Crippen molar-refractivity contribution >= 4 is 10.9 Å². The highest BCUT2D eigenvalue weighted by Crippen LogP contribution is 2.25. The molecule has 17 heavy (non-hydrogen) atoms. The van der Waals surface area contributed by atoms with Crippen molar-refractivity contribution in [2.45, 2.75) is 19.8 Å². The molecule has 1 aliphatic rings. The van der Waals surface area contributed by atoms with Crippen molar-refractivity contribution in [1.82, 2.24) is 15.1 Å². The van der Waals surface area contributed by atoms with Gasteiger partial charge in [0.15, 0.2) is 0 Å². The van der Waals surface area contributed by atoms with Crippen LogP contribution in [0.5, 0.6) is 0 Å². The van der Waals surface area contributed by atoms with Gasteiger partial charge in [0, 0.05) is 12.4 Å². The van der Waals surface area contributed by atoms with Gasteiger partial charge in [0.05, 0.1) is 11.2 Å². The van der Waals surface area contributed by atoms with Gasteiger partial charge in [0.1, 0.15) is 0 Å². The summed E-state index contributed by atoms with van der Waals surface area (Å²) in [5, 5.41) is 9.33. The summed E-state index contributed by atoms with van der Waals surface area (Å²) in [5.41, 5.74) is 3.87. The molecule has 2 heterocycles. The van der Waals surface area contributed by atoms with Crippen LogP contribution in [0.4, 0.5) is 0 Å². The van der Waals surface area contributed by atoms with E-state index in [2.05, 4.69) is 35.5 Å². The molecule has 0 radical (unpaired) electrons. The van der Waals surface area contributed by atoms with E-state index in [9.17, 15) is 0 Å². The molecule has 3 rings (SSSR count). The first-order valence-electron chi connectivity index (χ1n) is 6.37. The molecule has 1 unspecified atom stereocenters. The van der Waals surface area contributed by atoms with E-state index in [0.29, 0.717) is 0 Å². The van der Waals surface area contributed by atoms with Crippen LogP contribution in [0.25, 0.3) is 10.9 Å². The zero-order chi connectivity index (χ0) is 11.8. The molecule has 0 bridgehead atoms. The lowest BCUT2D eigenvalue weighted by Gasteiger charge is -2.09. The van der Waals surface area contributed by atoms with Crippen molar-refractivity contribution in [3.8, 4) is 0 Å². The largest absolute Gasteiger partial charge is 0.316 e. The molecule has 0 aliphatic carbocycles. The van der Waals surface area contributed by atoms with Gasteiger partial charge in [0.25, 0.3) is 0 Å². The molecule has 2 aromatic rings. The van der Waals surface area contributed by atoms with Gasteiger partial charge in [-0.3, -0.25) is 4.68 Å². The summed E-state index contributed by atoms with van der Waals surface area (Å²) >= 11 is 0. The minimum Gasteiger partial charge on any atom is -0.316 e. The van der Waals surface area contributed by atoms with Crippen LogP contribution in [0.2, 0.25) is 0 Å². The van der Waals surface area contributed by atoms with E-state index in [-0.39, 0.29) is 0 Å². The van der Waals surface area contributed by atoms with E-state index < -0.39 is 0 Å². The summed E-state index contributed by atoms with van der Waals surface area (Å²) in [6.45, 7) is 4.45. The zero-order valence-corrected chi connectivity index (χ0v) is 10.5. The normalized spacial score (nSPS) is 20.2. The highest BCUT2D eigenvalue weighted by Gasteiger charge is 2.17. The highest BCUT2D eigenvalue weighted by molar-refractivity contribution is 5.85. The number of nitrogens with one attached hydrogen (secondary N) is 1. The zero-order valence-electron chi connectivity index (χ0n) is 10.5. The van der Waals surface area contributed by atoms with Gasteiger partial charge in [-0.05, 0) is 50.4 Å². The summed E-state index contributed by atoms with van der Waals surface area (Å²) in [4.78, 5) is 0. The maximum Gasteiger partial charge on any atom is 0.0684 e. The Hall–Kier alpha value is -1.35. The number of nitrogens with zero attached hydrogens (tertiary/aromatic N) is 2. The van der Waals surface area contributed by atoms with Crippen LogP contribution < -0.4 is 5.32 Å². The highest BCUT2D eigenvalue weighted by atomic mass is 15.3. The van der Waals surface area contributed by atoms with Gasteiger partial charge in [0.2, 0.25) is 0 Å². The quantitative estimate of drug-likeness (QED) is 0.854. The number of hydrogen-bond donors (Lipinski definition) is 1. The Labute approximate surface area is 102 Å². The number of rotatable bonds is 2. The number of hydrogen-bond acceptors (Lipinski definition) is 2. The molecule has 0 saturated carbocycles. The molecule has 3 nitrogen and oxygen atoms in total. The molecular formula is C14H19N3. The Bertz CT molecular complexity index is 536. The molecule has 0 spiro atoms. The van der Waals surface area contributed by atoms with Gasteiger partial charge in [-0.2, -0.15) is 5.10 Å². The molecule has 1 N–H and O–H groups in total. The fourth-order valence-corrected chi connectivity index (χ4v) is 2.97. The van der Waals surface area contributed by atoms with Crippen LogP contribution >= 0.6 is 0 Å². The van der Waals surface area contributed by atoms with E-state index in [1.54, 1.807) is 0 Å². The van der Waals surface area contributed by atoms with Crippen LogP contribution in [0.3, 0.4) is 0 Å². The molecule has 1 aromatic heterocycles.